The number of amides is 3. The Balaban J connectivity index is 1.61. The van der Waals surface area contributed by atoms with Crippen molar-refractivity contribution < 1.29 is 40.7 Å². The number of ether oxygens (including phenoxy) is 1. The van der Waals surface area contributed by atoms with Crippen LogP contribution in [0.4, 0.5) is 31.1 Å². The highest BCUT2D eigenvalue weighted by molar-refractivity contribution is 6.06. The first-order valence-corrected chi connectivity index (χ1v) is 12.4. The molecule has 14 heteroatoms. The van der Waals surface area contributed by atoms with Crippen molar-refractivity contribution in [1.29, 1.82) is 0 Å². The van der Waals surface area contributed by atoms with E-state index in [2.05, 4.69) is 21.8 Å². The molecule has 1 saturated heterocycles. The number of urea groups is 1. The zero-order valence-corrected chi connectivity index (χ0v) is 21.3. The number of hydrogen-bond acceptors (Lipinski definition) is 5. The third kappa shape index (κ3) is 6.33. The van der Waals surface area contributed by atoms with Crippen molar-refractivity contribution in [3.8, 4) is 5.75 Å². The average molecular weight is 572 g/mol. The number of rotatable bonds is 9. The topological polar surface area (TPSA) is 94.7 Å². The standard InChI is InChI=1S/C26H27F6N5O3/c1-16-5-7-17(8-6-16)20-15-24(26(30,31)32,33-22(38)21(20)37-23(39)34-35-36-37)18-9-11-19(12-10-18)40-14-4-2-3-13-25(27,28)29/h5-12,35-36H,2-4,13-15H2,1H3,(H,33,38)(H,34,39)/t24-/m0/s1. The number of unbranched alkanes of at least 4 members (excludes halogenated alkanes) is 2. The summed E-state index contributed by atoms with van der Waals surface area (Å²) in [6.45, 7) is 1.90. The smallest absolute Gasteiger partial charge is 0.416 e. The fraction of sp³-hybridized carbons (Fsp3) is 0.385. The molecule has 2 aliphatic rings. The predicted molar refractivity (Wildman–Crippen MR) is 132 cm³/mol. The normalized spacial score (nSPS) is 20.0. The summed E-state index contributed by atoms with van der Waals surface area (Å²) < 4.78 is 86.7. The van der Waals surface area contributed by atoms with Crippen LogP contribution in [0.3, 0.4) is 0 Å². The van der Waals surface area contributed by atoms with Crippen LogP contribution >= 0.6 is 0 Å². The van der Waals surface area contributed by atoms with Gasteiger partial charge in [-0.05, 0) is 55.0 Å². The van der Waals surface area contributed by atoms with Crippen LogP contribution < -0.4 is 26.5 Å². The van der Waals surface area contributed by atoms with Gasteiger partial charge in [-0.2, -0.15) is 26.3 Å². The van der Waals surface area contributed by atoms with Crippen molar-refractivity contribution in [2.24, 2.45) is 0 Å². The second kappa shape index (κ2) is 11.4. The Kier molecular flexibility index (Phi) is 8.30. The Morgan fingerprint density at radius 3 is 2.17 bits per heavy atom. The Morgan fingerprint density at radius 2 is 1.60 bits per heavy atom. The fourth-order valence-electron chi connectivity index (χ4n) is 4.55. The van der Waals surface area contributed by atoms with Gasteiger partial charge in [-0.25, -0.2) is 9.80 Å². The molecule has 0 aromatic heterocycles. The van der Waals surface area contributed by atoms with Crippen LogP contribution in [0, 0.1) is 6.92 Å². The molecule has 2 heterocycles. The number of halogens is 6. The van der Waals surface area contributed by atoms with Crippen molar-refractivity contribution in [3.05, 3.63) is 70.9 Å². The summed E-state index contributed by atoms with van der Waals surface area (Å²) in [6, 6.07) is 10.8. The van der Waals surface area contributed by atoms with Crippen LogP contribution in [0.1, 0.15) is 48.8 Å². The lowest BCUT2D eigenvalue weighted by molar-refractivity contribution is -0.202. The monoisotopic (exact) mass is 571 g/mol. The molecule has 216 valence electrons. The number of nitrogens with one attached hydrogen (secondary N) is 4. The van der Waals surface area contributed by atoms with E-state index in [4.69, 9.17) is 4.74 Å². The quantitative estimate of drug-likeness (QED) is 0.247. The minimum atomic E-state index is -4.94. The molecule has 40 heavy (non-hydrogen) atoms. The fourth-order valence-corrected chi connectivity index (χ4v) is 4.55. The van der Waals surface area contributed by atoms with Crippen molar-refractivity contribution in [1.82, 2.24) is 26.8 Å². The van der Waals surface area contributed by atoms with Crippen molar-refractivity contribution in [3.63, 3.8) is 0 Å². The van der Waals surface area contributed by atoms with Crippen LogP contribution in [0.5, 0.6) is 5.75 Å². The summed E-state index contributed by atoms with van der Waals surface area (Å²) in [5, 5.41) is 2.90. The SMILES string of the molecule is Cc1ccc(C2=C(N3NNNC3=O)C(=O)N[C@@](c3ccc(OCCCCCC(F)(F)F)cc3)(C(F)(F)F)C2)cc1. The van der Waals surface area contributed by atoms with E-state index in [0.717, 1.165) is 10.6 Å². The second-order valence-electron chi connectivity index (χ2n) is 9.53. The van der Waals surface area contributed by atoms with Crippen LogP contribution in [-0.2, 0) is 10.3 Å². The summed E-state index contributed by atoms with van der Waals surface area (Å²) >= 11 is 0. The molecule has 4 N–H and O–H groups in total. The van der Waals surface area contributed by atoms with E-state index in [-0.39, 0.29) is 42.0 Å². The molecule has 8 nitrogen and oxygen atoms in total. The first-order chi connectivity index (χ1) is 18.8. The molecule has 0 bridgehead atoms. The molecule has 2 aromatic rings. The maximum absolute atomic E-state index is 14.8. The van der Waals surface area contributed by atoms with Crippen LogP contribution in [0.2, 0.25) is 0 Å². The molecule has 4 rings (SSSR count). The van der Waals surface area contributed by atoms with Crippen LogP contribution in [0.15, 0.2) is 54.2 Å². The average Bonchev–Trinajstić information content (AvgIpc) is 3.30. The summed E-state index contributed by atoms with van der Waals surface area (Å²) in [4.78, 5) is 25.6. The third-order valence-corrected chi connectivity index (χ3v) is 6.64. The van der Waals surface area contributed by atoms with E-state index < -0.39 is 42.7 Å². The number of aryl methyl sites for hydroxylation is 1. The molecule has 1 atom stereocenters. The summed E-state index contributed by atoms with van der Waals surface area (Å²) in [6.07, 6.45) is -10.2. The van der Waals surface area contributed by atoms with Crippen molar-refractivity contribution in [2.45, 2.75) is 56.9 Å². The highest BCUT2D eigenvalue weighted by Crippen LogP contribution is 2.49. The zero-order chi connectivity index (χ0) is 29.1. The second-order valence-corrected chi connectivity index (χ2v) is 9.53. The van der Waals surface area contributed by atoms with Gasteiger partial charge in [-0.1, -0.05) is 42.0 Å². The van der Waals surface area contributed by atoms with Gasteiger partial charge in [0.2, 0.25) is 0 Å². The first kappa shape index (κ1) is 29.2. The van der Waals surface area contributed by atoms with E-state index in [0.29, 0.717) is 12.0 Å². The lowest BCUT2D eigenvalue weighted by Crippen LogP contribution is -2.60. The lowest BCUT2D eigenvalue weighted by Gasteiger charge is -2.42. The van der Waals surface area contributed by atoms with Gasteiger partial charge in [0.05, 0.1) is 6.61 Å². The number of benzene rings is 2. The summed E-state index contributed by atoms with van der Waals surface area (Å²) in [5.41, 5.74) is 4.75. The van der Waals surface area contributed by atoms with Crippen molar-refractivity contribution in [2.75, 3.05) is 6.61 Å². The van der Waals surface area contributed by atoms with E-state index in [1.165, 1.54) is 24.3 Å². The minimum absolute atomic E-state index is 0.00777. The van der Waals surface area contributed by atoms with E-state index >= 15 is 0 Å². The highest BCUT2D eigenvalue weighted by atomic mass is 19.4. The molecule has 0 unspecified atom stereocenters. The summed E-state index contributed by atoms with van der Waals surface area (Å²) in [7, 11) is 0. The van der Waals surface area contributed by atoms with Gasteiger partial charge in [-0.3, -0.25) is 10.2 Å². The number of nitrogens with zero attached hydrogens (tertiary/aromatic N) is 1. The molecule has 0 radical (unpaired) electrons. The van der Waals surface area contributed by atoms with E-state index in [9.17, 15) is 35.9 Å². The Labute approximate surface area is 225 Å². The zero-order valence-electron chi connectivity index (χ0n) is 21.3. The van der Waals surface area contributed by atoms with E-state index in [1.54, 1.807) is 31.2 Å². The first-order valence-electron chi connectivity index (χ1n) is 12.4. The molecule has 1 fully saturated rings. The van der Waals surface area contributed by atoms with Gasteiger partial charge in [-0.15, -0.1) is 11.1 Å². The Morgan fingerprint density at radius 1 is 0.925 bits per heavy atom. The van der Waals surface area contributed by atoms with Crippen LogP contribution in [-0.4, -0.2) is 35.9 Å². The number of alkyl halides is 6. The van der Waals surface area contributed by atoms with Gasteiger partial charge in [0.25, 0.3) is 5.91 Å². The molecule has 3 amide bonds. The third-order valence-electron chi connectivity index (χ3n) is 6.64. The number of hydrogen-bond donors (Lipinski definition) is 4. The molecule has 0 spiro atoms. The molecule has 2 aliphatic heterocycles. The van der Waals surface area contributed by atoms with E-state index in [1.807, 2.05) is 0 Å². The van der Waals surface area contributed by atoms with Crippen LogP contribution in [0.25, 0.3) is 5.57 Å². The summed E-state index contributed by atoms with van der Waals surface area (Å²) in [5.74, 6) is -0.886. The maximum Gasteiger partial charge on any atom is 0.416 e. The molecular formula is C26H27F6N5O3. The van der Waals surface area contributed by atoms with Gasteiger partial charge < -0.3 is 10.1 Å². The van der Waals surface area contributed by atoms with Gasteiger partial charge in [0, 0.05) is 12.8 Å². The maximum atomic E-state index is 14.8. The lowest BCUT2D eigenvalue weighted by atomic mass is 9.77. The molecule has 2 aromatic carbocycles. The number of hydrazine groups is 3. The Bertz CT molecular complexity index is 1260. The minimum Gasteiger partial charge on any atom is -0.494 e. The number of carbonyl (C=O) groups is 2. The highest BCUT2D eigenvalue weighted by Gasteiger charge is 2.60. The molecule has 0 saturated carbocycles. The Hall–Kier alpha value is -3.78. The molecular weight excluding hydrogens is 544 g/mol. The van der Waals surface area contributed by atoms with Crippen molar-refractivity contribution >= 4 is 17.5 Å². The van der Waals surface area contributed by atoms with Gasteiger partial charge in [0.1, 0.15) is 11.4 Å². The largest absolute Gasteiger partial charge is 0.494 e. The molecule has 0 aliphatic carbocycles. The number of carbonyl (C=O) groups excluding carboxylic acids is 2. The van der Waals surface area contributed by atoms with Gasteiger partial charge >= 0.3 is 18.4 Å². The predicted octanol–water partition coefficient (Wildman–Crippen LogP) is 5.13. The van der Waals surface area contributed by atoms with Gasteiger partial charge in [0.15, 0.2) is 5.54 Å².